The van der Waals surface area contributed by atoms with Crippen molar-refractivity contribution in [3.8, 4) is 5.75 Å². The summed E-state index contributed by atoms with van der Waals surface area (Å²) in [6, 6.07) is 21.7. The summed E-state index contributed by atoms with van der Waals surface area (Å²) in [5.41, 5.74) is 11.8. The van der Waals surface area contributed by atoms with E-state index in [1.807, 2.05) is 24.3 Å². The standard InChI is InChI=1S/C34H31F2N7O2S/c1-45-28-10-12-29(13-11-28)46-43(38)21-30(37)25-19-39-32-18-31(40-42(32)20-25)34(44)41-16-14-24(15-17-41)33(22-2-6-26(35)7-3-22)23-4-8-27(36)9-5-23/h2-13,18-21H,14-17,37-38H2,1H3/b30-21-. The average molecular weight is 640 g/mol. The minimum atomic E-state index is -0.328. The lowest BCUT2D eigenvalue weighted by molar-refractivity contribution is 0.0737. The van der Waals surface area contributed by atoms with Crippen LogP contribution in [0.15, 0.2) is 108 Å². The molecule has 1 aliphatic rings. The van der Waals surface area contributed by atoms with Crippen molar-refractivity contribution in [2.75, 3.05) is 20.2 Å². The number of halogens is 2. The van der Waals surface area contributed by atoms with Crippen molar-refractivity contribution in [1.82, 2.24) is 23.9 Å². The Kier molecular flexibility index (Phi) is 8.99. The van der Waals surface area contributed by atoms with Crippen LogP contribution in [0.4, 0.5) is 8.78 Å². The minimum absolute atomic E-state index is 0.205. The number of nitrogens with two attached hydrogens (primary N) is 2. The number of likely N-dealkylation sites (tertiary alicyclic amines) is 1. The number of piperidine rings is 1. The molecule has 12 heteroatoms. The third-order valence-corrected chi connectivity index (χ3v) is 8.48. The zero-order valence-corrected chi connectivity index (χ0v) is 25.8. The Bertz CT molecular complexity index is 1870. The van der Waals surface area contributed by atoms with E-state index in [-0.39, 0.29) is 23.2 Å². The molecule has 3 aromatic carbocycles. The molecule has 0 spiro atoms. The molecular weight excluding hydrogens is 608 g/mol. The van der Waals surface area contributed by atoms with Gasteiger partial charge in [0, 0.05) is 54.0 Å². The molecule has 4 N–H and O–H groups in total. The molecule has 9 nitrogen and oxygen atoms in total. The van der Waals surface area contributed by atoms with Gasteiger partial charge < -0.3 is 15.4 Å². The number of amides is 1. The highest BCUT2D eigenvalue weighted by molar-refractivity contribution is 7.97. The van der Waals surface area contributed by atoms with Crippen molar-refractivity contribution in [3.63, 3.8) is 0 Å². The summed E-state index contributed by atoms with van der Waals surface area (Å²) >= 11 is 1.29. The van der Waals surface area contributed by atoms with Gasteiger partial charge in [0.15, 0.2) is 11.3 Å². The van der Waals surface area contributed by atoms with E-state index in [4.69, 9.17) is 16.3 Å². The van der Waals surface area contributed by atoms with Crippen molar-refractivity contribution in [2.45, 2.75) is 17.7 Å². The first-order valence-electron chi connectivity index (χ1n) is 14.5. The van der Waals surface area contributed by atoms with Crippen LogP contribution in [0.5, 0.6) is 5.75 Å². The Morgan fingerprint density at radius 1 is 0.935 bits per heavy atom. The van der Waals surface area contributed by atoms with Gasteiger partial charge >= 0.3 is 0 Å². The molecule has 0 unspecified atom stereocenters. The van der Waals surface area contributed by atoms with E-state index in [9.17, 15) is 13.6 Å². The second-order valence-corrected chi connectivity index (χ2v) is 11.7. The highest BCUT2D eigenvalue weighted by Gasteiger charge is 2.25. The van der Waals surface area contributed by atoms with E-state index in [2.05, 4.69) is 10.1 Å². The van der Waals surface area contributed by atoms with Crippen LogP contribution in [0.3, 0.4) is 0 Å². The number of hydrogen-bond donors (Lipinski definition) is 2. The molecule has 6 rings (SSSR count). The fourth-order valence-corrected chi connectivity index (χ4v) is 5.99. The maximum absolute atomic E-state index is 13.7. The summed E-state index contributed by atoms with van der Waals surface area (Å²) in [5, 5.41) is 4.50. The lowest BCUT2D eigenvalue weighted by Crippen LogP contribution is -2.36. The molecule has 5 aromatic rings. The van der Waals surface area contributed by atoms with Gasteiger partial charge in [-0.2, -0.15) is 5.10 Å². The molecular formula is C34H31F2N7O2S. The molecule has 0 atom stereocenters. The molecule has 1 amide bonds. The molecule has 0 bridgehead atoms. The van der Waals surface area contributed by atoms with Crippen molar-refractivity contribution in [2.24, 2.45) is 11.6 Å². The summed E-state index contributed by atoms with van der Waals surface area (Å²) in [6.45, 7) is 0.945. The van der Waals surface area contributed by atoms with Crippen LogP contribution in [0, 0.1) is 11.6 Å². The number of methoxy groups -OCH3 is 1. The maximum Gasteiger partial charge on any atom is 0.274 e. The van der Waals surface area contributed by atoms with Crippen LogP contribution in [-0.4, -0.2) is 50.0 Å². The maximum atomic E-state index is 13.7. The molecule has 1 fully saturated rings. The van der Waals surface area contributed by atoms with Gasteiger partial charge in [-0.3, -0.25) is 9.21 Å². The van der Waals surface area contributed by atoms with Crippen LogP contribution < -0.4 is 16.3 Å². The highest BCUT2D eigenvalue weighted by Crippen LogP contribution is 2.33. The molecule has 1 saturated heterocycles. The van der Waals surface area contributed by atoms with E-state index in [1.165, 1.54) is 45.1 Å². The summed E-state index contributed by atoms with van der Waals surface area (Å²) in [4.78, 5) is 20.6. The first-order chi connectivity index (χ1) is 22.3. The molecule has 1 aliphatic heterocycles. The molecule has 234 valence electrons. The van der Waals surface area contributed by atoms with Gasteiger partial charge in [-0.15, -0.1) is 0 Å². The van der Waals surface area contributed by atoms with Gasteiger partial charge in [0.25, 0.3) is 5.91 Å². The molecule has 0 aliphatic carbocycles. The van der Waals surface area contributed by atoms with E-state index in [0.717, 1.165) is 32.9 Å². The zero-order valence-electron chi connectivity index (χ0n) is 24.9. The summed E-state index contributed by atoms with van der Waals surface area (Å²) in [6.07, 6.45) is 6.10. The van der Waals surface area contributed by atoms with E-state index >= 15 is 0 Å². The smallest absolute Gasteiger partial charge is 0.274 e. The molecule has 3 heterocycles. The fraction of sp³-hybridized carbons (Fsp3) is 0.147. The van der Waals surface area contributed by atoms with Gasteiger partial charge in [-0.25, -0.2) is 24.1 Å². The predicted molar refractivity (Wildman–Crippen MR) is 174 cm³/mol. The van der Waals surface area contributed by atoms with Gasteiger partial charge in [0.1, 0.15) is 17.4 Å². The summed E-state index contributed by atoms with van der Waals surface area (Å²) in [5.74, 6) is 6.03. The van der Waals surface area contributed by atoms with Crippen molar-refractivity contribution < 1.29 is 18.3 Å². The summed E-state index contributed by atoms with van der Waals surface area (Å²) < 4.78 is 35.5. The number of rotatable bonds is 8. The molecule has 0 radical (unpaired) electrons. The van der Waals surface area contributed by atoms with Crippen molar-refractivity contribution in [1.29, 1.82) is 0 Å². The highest BCUT2D eigenvalue weighted by atomic mass is 32.2. The van der Waals surface area contributed by atoms with Crippen molar-refractivity contribution in [3.05, 3.63) is 137 Å². The van der Waals surface area contributed by atoms with Crippen LogP contribution >= 0.6 is 11.9 Å². The van der Waals surface area contributed by atoms with Crippen LogP contribution in [0.25, 0.3) is 16.9 Å². The van der Waals surface area contributed by atoms with Gasteiger partial charge in [-0.05, 0) is 78.1 Å². The van der Waals surface area contributed by atoms with E-state index in [0.29, 0.717) is 42.8 Å². The Morgan fingerprint density at radius 2 is 1.54 bits per heavy atom. The Hall–Kier alpha value is -5.20. The third kappa shape index (κ3) is 6.87. The first-order valence-corrected chi connectivity index (χ1v) is 15.3. The Morgan fingerprint density at radius 3 is 2.13 bits per heavy atom. The Labute approximate surface area is 268 Å². The molecule has 46 heavy (non-hydrogen) atoms. The number of nitrogens with zero attached hydrogens (tertiary/aromatic N) is 5. The number of hydrazine groups is 1. The Balaban J connectivity index is 1.16. The average Bonchev–Trinajstić information content (AvgIpc) is 3.50. The molecule has 2 aromatic heterocycles. The second kappa shape index (κ2) is 13.4. The van der Waals surface area contributed by atoms with Gasteiger partial charge in [0.2, 0.25) is 0 Å². The number of carbonyl (C=O) groups excluding carboxylic acids is 1. The third-order valence-electron chi connectivity index (χ3n) is 7.68. The topological polar surface area (TPSA) is 115 Å². The number of hydrogen-bond acceptors (Lipinski definition) is 8. The first kappa shape index (κ1) is 30.8. The fourth-order valence-electron chi connectivity index (χ4n) is 5.33. The number of benzene rings is 3. The predicted octanol–water partition coefficient (Wildman–Crippen LogP) is 5.89. The summed E-state index contributed by atoms with van der Waals surface area (Å²) in [7, 11) is 1.61. The van der Waals surface area contributed by atoms with Gasteiger partial charge in [0.05, 0.1) is 19.0 Å². The van der Waals surface area contributed by atoms with Crippen LogP contribution in [0.2, 0.25) is 0 Å². The number of aromatic nitrogens is 3. The normalized spacial score (nSPS) is 13.6. The minimum Gasteiger partial charge on any atom is -0.497 e. The largest absolute Gasteiger partial charge is 0.497 e. The number of fused-ring (bicyclic) bond motifs is 1. The second-order valence-electron chi connectivity index (χ2n) is 10.7. The number of ether oxygens (including phenoxy) is 1. The molecule has 0 saturated carbocycles. The van der Waals surface area contributed by atoms with Crippen LogP contribution in [-0.2, 0) is 0 Å². The quantitative estimate of drug-likeness (QED) is 0.123. The van der Waals surface area contributed by atoms with Crippen LogP contribution in [0.1, 0.15) is 40.0 Å². The van der Waals surface area contributed by atoms with E-state index in [1.54, 1.807) is 60.9 Å². The van der Waals surface area contributed by atoms with Gasteiger partial charge in [-0.1, -0.05) is 29.8 Å². The SMILES string of the molecule is COc1ccc(SN(N)/C=C(\N)c2cnc3cc(C(=O)N4CCC(=C(c5ccc(F)cc5)c5ccc(F)cc5)CC4)nn3c2)cc1. The zero-order chi connectivity index (χ0) is 32.2. The lowest BCUT2D eigenvalue weighted by atomic mass is 9.88. The number of carbonyl (C=O) groups is 1. The van der Waals surface area contributed by atoms with Crippen molar-refractivity contribution >= 4 is 34.8 Å². The van der Waals surface area contributed by atoms with E-state index < -0.39 is 0 Å². The lowest BCUT2D eigenvalue weighted by Gasteiger charge is -2.30. The monoisotopic (exact) mass is 639 g/mol.